The Kier molecular flexibility index (Phi) is 3.92. The molecule has 20 heavy (non-hydrogen) atoms. The maximum atomic E-state index is 13.7. The lowest BCUT2D eigenvalue weighted by Crippen LogP contribution is -2.03. The quantitative estimate of drug-likeness (QED) is 0.745. The van der Waals surface area contributed by atoms with Crippen LogP contribution >= 0.6 is 0 Å². The highest BCUT2D eigenvalue weighted by molar-refractivity contribution is 5.65. The largest absolute Gasteiger partial charge is 0.432 e. The SMILES string of the molecule is Cc1ccc(-c2ccc(OC(F)F)c(F)c2)c(F)c1F. The van der Waals surface area contributed by atoms with Crippen LogP contribution in [-0.4, -0.2) is 6.61 Å². The predicted octanol–water partition coefficient (Wildman–Crippen LogP) is 4.68. The third-order valence-corrected chi connectivity index (χ3v) is 2.73. The van der Waals surface area contributed by atoms with Gasteiger partial charge in [-0.15, -0.1) is 0 Å². The van der Waals surface area contributed by atoms with Gasteiger partial charge in [0.05, 0.1) is 0 Å². The van der Waals surface area contributed by atoms with Crippen LogP contribution in [0.25, 0.3) is 11.1 Å². The number of aryl methyl sites for hydroxylation is 1. The highest BCUT2D eigenvalue weighted by atomic mass is 19.3. The van der Waals surface area contributed by atoms with Crippen molar-refractivity contribution in [2.45, 2.75) is 13.5 Å². The van der Waals surface area contributed by atoms with Crippen molar-refractivity contribution < 1.29 is 26.7 Å². The molecule has 0 aliphatic rings. The molecule has 0 saturated carbocycles. The van der Waals surface area contributed by atoms with E-state index in [2.05, 4.69) is 4.74 Å². The second-order valence-electron chi connectivity index (χ2n) is 4.08. The van der Waals surface area contributed by atoms with Crippen LogP contribution in [0.1, 0.15) is 5.56 Å². The van der Waals surface area contributed by atoms with Crippen LogP contribution in [0.2, 0.25) is 0 Å². The van der Waals surface area contributed by atoms with Crippen molar-refractivity contribution in [2.24, 2.45) is 0 Å². The molecule has 0 spiro atoms. The Morgan fingerprint density at radius 1 is 0.950 bits per heavy atom. The third-order valence-electron chi connectivity index (χ3n) is 2.73. The molecule has 6 heteroatoms. The summed E-state index contributed by atoms with van der Waals surface area (Å²) in [5.41, 5.74) is -0.0134. The normalized spacial score (nSPS) is 10.9. The first-order chi connectivity index (χ1) is 9.40. The molecular formula is C14H9F5O. The van der Waals surface area contributed by atoms with E-state index in [0.717, 1.165) is 12.1 Å². The average Bonchev–Trinajstić information content (AvgIpc) is 2.38. The Bertz CT molecular complexity index is 640. The van der Waals surface area contributed by atoms with Crippen LogP contribution in [0.5, 0.6) is 5.75 Å². The Hall–Kier alpha value is -2.11. The van der Waals surface area contributed by atoms with E-state index in [1.54, 1.807) is 0 Å². The highest BCUT2D eigenvalue weighted by Crippen LogP contribution is 2.30. The smallest absolute Gasteiger partial charge is 0.387 e. The number of benzene rings is 2. The van der Waals surface area contributed by atoms with Crippen molar-refractivity contribution in [3.8, 4) is 16.9 Å². The lowest BCUT2D eigenvalue weighted by Gasteiger charge is -2.09. The molecule has 106 valence electrons. The molecule has 0 aliphatic heterocycles. The Balaban J connectivity index is 2.44. The predicted molar refractivity (Wildman–Crippen MR) is 63.1 cm³/mol. The molecule has 0 bridgehead atoms. The molecule has 0 heterocycles. The zero-order valence-electron chi connectivity index (χ0n) is 10.3. The summed E-state index contributed by atoms with van der Waals surface area (Å²) in [6, 6.07) is 5.55. The van der Waals surface area contributed by atoms with Gasteiger partial charge < -0.3 is 4.74 Å². The standard InChI is InChI=1S/C14H9F5O/c1-7-2-4-9(13(17)12(7)16)8-3-5-11(10(15)6-8)20-14(18)19/h2-6,14H,1H3. The second kappa shape index (κ2) is 5.48. The van der Waals surface area contributed by atoms with E-state index in [0.29, 0.717) is 0 Å². The fraction of sp³-hybridized carbons (Fsp3) is 0.143. The van der Waals surface area contributed by atoms with Crippen LogP contribution < -0.4 is 4.74 Å². The van der Waals surface area contributed by atoms with E-state index in [1.807, 2.05) is 0 Å². The molecule has 0 aliphatic carbocycles. The molecule has 0 unspecified atom stereocenters. The van der Waals surface area contributed by atoms with Crippen molar-refractivity contribution in [1.82, 2.24) is 0 Å². The Morgan fingerprint density at radius 3 is 2.25 bits per heavy atom. The van der Waals surface area contributed by atoms with Gasteiger partial charge in [0, 0.05) is 5.56 Å². The van der Waals surface area contributed by atoms with E-state index in [9.17, 15) is 22.0 Å². The molecule has 0 N–H and O–H groups in total. The molecule has 2 rings (SSSR count). The second-order valence-corrected chi connectivity index (χ2v) is 4.08. The fourth-order valence-electron chi connectivity index (χ4n) is 1.73. The summed E-state index contributed by atoms with van der Waals surface area (Å²) in [5, 5.41) is 0. The lowest BCUT2D eigenvalue weighted by molar-refractivity contribution is -0.0521. The van der Waals surface area contributed by atoms with Gasteiger partial charge in [-0.1, -0.05) is 18.2 Å². The Morgan fingerprint density at radius 2 is 1.65 bits per heavy atom. The summed E-state index contributed by atoms with van der Waals surface area (Å²) in [6.07, 6.45) is 0. The van der Waals surface area contributed by atoms with Gasteiger partial charge in [0.1, 0.15) is 0 Å². The zero-order chi connectivity index (χ0) is 14.9. The number of ether oxygens (including phenoxy) is 1. The molecule has 0 fully saturated rings. The number of halogens is 5. The summed E-state index contributed by atoms with van der Waals surface area (Å²) in [4.78, 5) is 0. The molecule has 0 radical (unpaired) electrons. The number of hydrogen-bond acceptors (Lipinski definition) is 1. The van der Waals surface area contributed by atoms with E-state index in [-0.39, 0.29) is 16.7 Å². The van der Waals surface area contributed by atoms with Gasteiger partial charge in [0.2, 0.25) is 0 Å². The molecule has 1 nitrogen and oxygen atoms in total. The van der Waals surface area contributed by atoms with Crippen LogP contribution in [0.3, 0.4) is 0 Å². The Labute approximate surface area is 111 Å². The topological polar surface area (TPSA) is 9.23 Å². The average molecular weight is 288 g/mol. The monoisotopic (exact) mass is 288 g/mol. The van der Waals surface area contributed by atoms with Crippen LogP contribution in [0.15, 0.2) is 30.3 Å². The van der Waals surface area contributed by atoms with Crippen molar-refractivity contribution in [3.05, 3.63) is 53.3 Å². The maximum absolute atomic E-state index is 13.7. The van der Waals surface area contributed by atoms with Crippen LogP contribution in [0, 0.1) is 24.4 Å². The first-order valence-corrected chi connectivity index (χ1v) is 5.59. The first-order valence-electron chi connectivity index (χ1n) is 5.59. The molecule has 2 aromatic carbocycles. The minimum atomic E-state index is -3.16. The fourth-order valence-corrected chi connectivity index (χ4v) is 1.73. The highest BCUT2D eigenvalue weighted by Gasteiger charge is 2.15. The summed E-state index contributed by atoms with van der Waals surface area (Å²) >= 11 is 0. The van der Waals surface area contributed by atoms with Gasteiger partial charge in [0.15, 0.2) is 23.2 Å². The first kappa shape index (κ1) is 14.3. The van der Waals surface area contributed by atoms with Gasteiger partial charge in [-0.25, -0.2) is 13.2 Å². The molecule has 0 atom stereocenters. The van der Waals surface area contributed by atoms with Crippen LogP contribution in [0.4, 0.5) is 22.0 Å². The van der Waals surface area contributed by atoms with Crippen molar-refractivity contribution in [3.63, 3.8) is 0 Å². The maximum Gasteiger partial charge on any atom is 0.387 e. The molecule has 0 aromatic heterocycles. The summed E-state index contributed by atoms with van der Waals surface area (Å²) < 4.78 is 68.6. The van der Waals surface area contributed by atoms with Gasteiger partial charge >= 0.3 is 6.61 Å². The van der Waals surface area contributed by atoms with Crippen molar-refractivity contribution in [1.29, 1.82) is 0 Å². The molecule has 2 aromatic rings. The van der Waals surface area contributed by atoms with Gasteiger partial charge in [-0.2, -0.15) is 8.78 Å². The van der Waals surface area contributed by atoms with Crippen molar-refractivity contribution in [2.75, 3.05) is 0 Å². The van der Waals surface area contributed by atoms with E-state index in [1.165, 1.54) is 25.1 Å². The van der Waals surface area contributed by atoms with Crippen LogP contribution in [-0.2, 0) is 0 Å². The molecule has 0 saturated heterocycles. The number of rotatable bonds is 3. The zero-order valence-corrected chi connectivity index (χ0v) is 10.3. The number of alkyl halides is 2. The van der Waals surface area contributed by atoms with E-state index in [4.69, 9.17) is 0 Å². The summed E-state index contributed by atoms with van der Waals surface area (Å²) in [7, 11) is 0. The van der Waals surface area contributed by atoms with Crippen molar-refractivity contribution >= 4 is 0 Å². The molecule has 0 amide bonds. The number of hydrogen-bond donors (Lipinski definition) is 0. The van der Waals surface area contributed by atoms with Gasteiger partial charge in [-0.3, -0.25) is 0 Å². The van der Waals surface area contributed by atoms with Gasteiger partial charge in [-0.05, 0) is 30.2 Å². The minimum absolute atomic E-state index is 0.0283. The van der Waals surface area contributed by atoms with E-state index >= 15 is 0 Å². The van der Waals surface area contributed by atoms with Gasteiger partial charge in [0.25, 0.3) is 0 Å². The van der Waals surface area contributed by atoms with E-state index < -0.39 is 29.8 Å². The lowest BCUT2D eigenvalue weighted by atomic mass is 10.0. The minimum Gasteiger partial charge on any atom is -0.432 e. The summed E-state index contributed by atoms with van der Waals surface area (Å²) in [5.74, 6) is -3.89. The third kappa shape index (κ3) is 2.74. The summed E-state index contributed by atoms with van der Waals surface area (Å²) in [6.45, 7) is -1.77. The molecular weight excluding hydrogens is 279 g/mol.